The van der Waals surface area contributed by atoms with Crippen molar-refractivity contribution in [3.05, 3.63) is 53.6 Å². The van der Waals surface area contributed by atoms with Crippen molar-refractivity contribution in [2.24, 2.45) is 4.99 Å². The predicted molar refractivity (Wildman–Crippen MR) is 113 cm³/mol. The van der Waals surface area contributed by atoms with Crippen molar-refractivity contribution in [1.29, 1.82) is 0 Å². The van der Waals surface area contributed by atoms with E-state index in [9.17, 15) is 18.7 Å². The first-order valence-electron chi connectivity index (χ1n) is 9.65. The molecular formula is C22H22F2N4O2. The second-order valence-electron chi connectivity index (χ2n) is 7.49. The molecule has 1 fully saturated rings. The number of aromatic nitrogens is 1. The van der Waals surface area contributed by atoms with Crippen molar-refractivity contribution in [2.45, 2.75) is 19.4 Å². The van der Waals surface area contributed by atoms with Gasteiger partial charge in [0.25, 0.3) is 0 Å². The quantitative estimate of drug-likeness (QED) is 0.637. The van der Waals surface area contributed by atoms with Gasteiger partial charge in [0.15, 0.2) is 5.88 Å². The van der Waals surface area contributed by atoms with E-state index < -0.39 is 11.6 Å². The fraction of sp³-hybridized carbons (Fsp3) is 0.273. The highest BCUT2D eigenvalue weighted by Gasteiger charge is 2.28. The second-order valence-corrected chi connectivity index (χ2v) is 7.49. The highest BCUT2D eigenvalue weighted by atomic mass is 19.1. The number of benzene rings is 2. The summed E-state index contributed by atoms with van der Waals surface area (Å²) >= 11 is 0. The number of amides is 1. The number of rotatable bonds is 4. The van der Waals surface area contributed by atoms with E-state index in [2.05, 4.69) is 9.98 Å². The third-order valence-electron chi connectivity index (χ3n) is 5.60. The van der Waals surface area contributed by atoms with Crippen molar-refractivity contribution in [2.75, 3.05) is 25.0 Å². The molecule has 0 aliphatic carbocycles. The number of H-pyrrole nitrogens is 1. The number of likely N-dealkylation sites (N-methyl/N-ethyl adjacent to an activating group) is 1. The molecule has 2 aromatic carbocycles. The van der Waals surface area contributed by atoms with Gasteiger partial charge >= 0.3 is 0 Å². The lowest BCUT2D eigenvalue weighted by Gasteiger charge is -2.24. The van der Waals surface area contributed by atoms with Crippen molar-refractivity contribution < 1.29 is 18.7 Å². The Labute approximate surface area is 172 Å². The Hall–Kier alpha value is -3.42. The van der Waals surface area contributed by atoms with Gasteiger partial charge in [-0.15, -0.1) is 0 Å². The number of anilines is 1. The standard InChI is InChI=1S/C22H22F2N4O2/c1-13(29)27(2)16-7-8-28(12-16)21-6-4-15(10-19(21)24)25-11-18-17-9-14(23)3-5-20(17)26-22(18)30/h3-6,9-11,16,26,30H,7-8,12H2,1-2H3. The van der Waals surface area contributed by atoms with Gasteiger partial charge in [-0.3, -0.25) is 9.79 Å². The molecule has 0 bridgehead atoms. The second kappa shape index (κ2) is 7.78. The monoisotopic (exact) mass is 412 g/mol. The molecule has 3 aromatic rings. The summed E-state index contributed by atoms with van der Waals surface area (Å²) in [4.78, 5) is 22.2. The number of carbonyl (C=O) groups is 1. The van der Waals surface area contributed by atoms with Crippen LogP contribution in [-0.4, -0.2) is 53.3 Å². The number of aromatic hydroxyl groups is 1. The van der Waals surface area contributed by atoms with Crippen LogP contribution in [0.2, 0.25) is 0 Å². The minimum atomic E-state index is -0.425. The lowest BCUT2D eigenvalue weighted by molar-refractivity contribution is -0.129. The molecule has 1 aliphatic rings. The molecule has 2 heterocycles. The van der Waals surface area contributed by atoms with Gasteiger partial charge in [0.2, 0.25) is 5.91 Å². The minimum absolute atomic E-state index is 0.00702. The number of hydrogen-bond acceptors (Lipinski definition) is 4. The fourth-order valence-corrected chi connectivity index (χ4v) is 3.81. The topological polar surface area (TPSA) is 71.9 Å². The highest BCUT2D eigenvalue weighted by Crippen LogP contribution is 2.30. The summed E-state index contributed by atoms with van der Waals surface area (Å²) in [6.07, 6.45) is 2.17. The predicted octanol–water partition coefficient (Wildman–Crippen LogP) is 3.96. The Balaban J connectivity index is 1.54. The molecule has 30 heavy (non-hydrogen) atoms. The summed E-state index contributed by atoms with van der Waals surface area (Å²) in [5.41, 5.74) is 1.75. The Bertz CT molecular complexity index is 1140. The highest BCUT2D eigenvalue weighted by molar-refractivity contribution is 6.02. The maximum Gasteiger partial charge on any atom is 0.219 e. The van der Waals surface area contributed by atoms with E-state index in [1.165, 1.54) is 37.4 Å². The molecule has 6 nitrogen and oxygen atoms in total. The summed E-state index contributed by atoms with van der Waals surface area (Å²) in [7, 11) is 1.76. The Morgan fingerprint density at radius 1 is 1.30 bits per heavy atom. The number of halogens is 2. The maximum absolute atomic E-state index is 14.7. The van der Waals surface area contributed by atoms with Gasteiger partial charge in [-0.05, 0) is 36.8 Å². The van der Waals surface area contributed by atoms with Crippen molar-refractivity contribution in [1.82, 2.24) is 9.88 Å². The fourth-order valence-electron chi connectivity index (χ4n) is 3.81. The van der Waals surface area contributed by atoms with Crippen LogP contribution < -0.4 is 4.90 Å². The molecule has 0 radical (unpaired) electrons. The zero-order valence-electron chi connectivity index (χ0n) is 16.7. The lowest BCUT2D eigenvalue weighted by Crippen LogP contribution is -2.37. The van der Waals surface area contributed by atoms with Crippen molar-refractivity contribution in [3.63, 3.8) is 0 Å². The maximum atomic E-state index is 14.7. The van der Waals surface area contributed by atoms with E-state index in [1.54, 1.807) is 24.1 Å². The molecule has 1 aromatic heterocycles. The number of aromatic amines is 1. The van der Waals surface area contributed by atoms with Gasteiger partial charge in [0, 0.05) is 50.2 Å². The molecule has 1 atom stereocenters. The summed E-state index contributed by atoms with van der Waals surface area (Å²) in [6.45, 7) is 2.76. The molecule has 156 valence electrons. The number of hydrogen-bond donors (Lipinski definition) is 2. The van der Waals surface area contributed by atoms with E-state index in [4.69, 9.17) is 0 Å². The molecule has 1 unspecified atom stereocenters. The number of aliphatic imine (C=N–C) groups is 1. The van der Waals surface area contributed by atoms with Crippen molar-refractivity contribution >= 4 is 34.4 Å². The number of nitrogens with zero attached hydrogens (tertiary/aromatic N) is 3. The third kappa shape index (κ3) is 3.72. The normalized spacial score (nSPS) is 16.7. The van der Waals surface area contributed by atoms with Crippen LogP contribution in [0.4, 0.5) is 20.2 Å². The first kappa shape index (κ1) is 19.9. The molecule has 0 spiro atoms. The Morgan fingerprint density at radius 2 is 2.10 bits per heavy atom. The van der Waals surface area contributed by atoms with Crippen LogP contribution in [0.5, 0.6) is 5.88 Å². The summed E-state index contributed by atoms with van der Waals surface area (Å²) in [5, 5.41) is 10.6. The van der Waals surface area contributed by atoms with E-state index >= 15 is 0 Å². The zero-order valence-corrected chi connectivity index (χ0v) is 16.7. The van der Waals surface area contributed by atoms with Crippen LogP contribution >= 0.6 is 0 Å². The molecule has 8 heteroatoms. The van der Waals surface area contributed by atoms with Gasteiger partial charge < -0.3 is 19.9 Å². The molecule has 1 amide bonds. The van der Waals surface area contributed by atoms with Crippen LogP contribution in [-0.2, 0) is 4.79 Å². The molecule has 1 aliphatic heterocycles. The average molecular weight is 412 g/mol. The van der Waals surface area contributed by atoms with E-state index in [0.29, 0.717) is 40.9 Å². The minimum Gasteiger partial charge on any atom is -0.494 e. The first-order valence-corrected chi connectivity index (χ1v) is 9.65. The van der Waals surface area contributed by atoms with Crippen LogP contribution in [0.15, 0.2) is 41.4 Å². The molecule has 0 saturated carbocycles. The number of carbonyl (C=O) groups excluding carboxylic acids is 1. The average Bonchev–Trinajstić information content (AvgIpc) is 3.30. The molecular weight excluding hydrogens is 390 g/mol. The van der Waals surface area contributed by atoms with Gasteiger partial charge in [0.1, 0.15) is 11.6 Å². The summed E-state index contributed by atoms with van der Waals surface area (Å²) < 4.78 is 28.3. The first-order chi connectivity index (χ1) is 14.3. The Kier molecular flexibility index (Phi) is 5.15. The lowest BCUT2D eigenvalue weighted by atomic mass is 10.2. The number of fused-ring (bicyclic) bond motifs is 1. The number of nitrogens with one attached hydrogen (secondary N) is 1. The summed E-state index contributed by atoms with van der Waals surface area (Å²) in [6, 6.07) is 8.85. The summed E-state index contributed by atoms with van der Waals surface area (Å²) in [5.74, 6) is -0.975. The van der Waals surface area contributed by atoms with Crippen LogP contribution in [0.25, 0.3) is 10.9 Å². The molecule has 4 rings (SSSR count). The largest absolute Gasteiger partial charge is 0.494 e. The van der Waals surface area contributed by atoms with Crippen LogP contribution in [0.1, 0.15) is 18.9 Å². The van der Waals surface area contributed by atoms with Crippen LogP contribution in [0, 0.1) is 11.6 Å². The van der Waals surface area contributed by atoms with Crippen molar-refractivity contribution in [3.8, 4) is 5.88 Å². The van der Waals surface area contributed by atoms with Gasteiger partial charge in [-0.1, -0.05) is 0 Å². The van der Waals surface area contributed by atoms with Crippen LogP contribution in [0.3, 0.4) is 0 Å². The zero-order chi connectivity index (χ0) is 21.4. The van der Waals surface area contributed by atoms with Gasteiger partial charge in [-0.25, -0.2) is 8.78 Å². The van der Waals surface area contributed by atoms with E-state index in [-0.39, 0.29) is 17.8 Å². The SMILES string of the molecule is CC(=O)N(C)C1CCN(c2ccc(N=Cc3c(O)[nH]c4ccc(F)cc34)cc2F)C1. The van der Waals surface area contributed by atoms with E-state index in [1.807, 2.05) is 4.90 Å². The van der Waals surface area contributed by atoms with Gasteiger partial charge in [-0.2, -0.15) is 0 Å². The van der Waals surface area contributed by atoms with Gasteiger partial charge in [0.05, 0.1) is 23.0 Å². The Morgan fingerprint density at radius 3 is 2.83 bits per heavy atom. The smallest absolute Gasteiger partial charge is 0.219 e. The molecule has 2 N–H and O–H groups in total. The third-order valence-corrected chi connectivity index (χ3v) is 5.60. The van der Waals surface area contributed by atoms with E-state index in [0.717, 1.165) is 6.42 Å². The molecule has 1 saturated heterocycles.